The van der Waals surface area contributed by atoms with Crippen LogP contribution in [0.3, 0.4) is 0 Å². The summed E-state index contributed by atoms with van der Waals surface area (Å²) in [6, 6.07) is 107. The predicted octanol–water partition coefficient (Wildman–Crippen LogP) is 17.6. The molecule has 0 amide bonds. The van der Waals surface area contributed by atoms with E-state index in [1.165, 1.54) is 176 Å². The lowest BCUT2D eigenvalue weighted by atomic mass is 9.29. The molecule has 4 aliphatic heterocycles. The van der Waals surface area contributed by atoms with Crippen molar-refractivity contribution in [1.29, 1.82) is 0 Å². The van der Waals surface area contributed by atoms with Gasteiger partial charge >= 0.3 is 0 Å². The molecule has 13 aromatic carbocycles. The monoisotopic (exact) mass is 1130 g/mol. The number of hydrogen-bond acceptors (Lipinski definition) is 1. The Labute approximate surface area is 515 Å². The number of benzene rings is 13. The third-order valence-corrected chi connectivity index (χ3v) is 20.4. The maximum atomic E-state index is 2.70. The van der Waals surface area contributed by atoms with Gasteiger partial charge in [-0.15, -0.1) is 0 Å². The van der Waals surface area contributed by atoms with Crippen molar-refractivity contribution in [3.63, 3.8) is 0 Å². The van der Waals surface area contributed by atoms with Crippen LogP contribution in [0.5, 0.6) is 0 Å². The van der Waals surface area contributed by atoms with Gasteiger partial charge in [0.2, 0.25) is 0 Å². The fourth-order valence-corrected chi connectivity index (χ4v) is 16.9. The highest BCUT2D eigenvalue weighted by atomic mass is 15.2. The Hall–Kier alpha value is -11.1. The van der Waals surface area contributed by atoms with Gasteiger partial charge in [-0.3, -0.25) is 0 Å². The first-order chi connectivity index (χ1) is 44.2. The molecule has 0 spiro atoms. The molecule has 15 aromatic rings. The Morgan fingerprint density at radius 1 is 0.292 bits per heavy atom. The van der Waals surface area contributed by atoms with Gasteiger partial charge in [0, 0.05) is 61.0 Å². The number of anilines is 3. The molecule has 0 atom stereocenters. The van der Waals surface area contributed by atoms with Crippen LogP contribution in [0.4, 0.5) is 17.1 Å². The maximum absolute atomic E-state index is 2.70. The summed E-state index contributed by atoms with van der Waals surface area (Å²) >= 11 is 0. The normalized spacial score (nSPS) is 13.7. The minimum atomic E-state index is -0.147. The van der Waals surface area contributed by atoms with Crippen molar-refractivity contribution in [2.45, 2.75) is 12.8 Å². The van der Waals surface area contributed by atoms with E-state index in [4.69, 9.17) is 0 Å². The molecule has 6 heterocycles. The molecule has 1 aliphatic carbocycles. The molecule has 5 heteroatoms. The summed E-state index contributed by atoms with van der Waals surface area (Å²) in [5.74, 6) is 0. The highest BCUT2D eigenvalue weighted by Crippen LogP contribution is 2.47. The summed E-state index contributed by atoms with van der Waals surface area (Å²) in [7, 11) is 0. The van der Waals surface area contributed by atoms with Crippen LogP contribution in [0.2, 0.25) is 0 Å². The van der Waals surface area contributed by atoms with Gasteiger partial charge in [-0.25, -0.2) is 0 Å². The van der Waals surface area contributed by atoms with Gasteiger partial charge in [-0.1, -0.05) is 261 Å². The van der Waals surface area contributed by atoms with Crippen LogP contribution in [0.1, 0.15) is 18.4 Å². The summed E-state index contributed by atoms with van der Waals surface area (Å²) in [5.41, 5.74) is 26.2. The Morgan fingerprint density at radius 2 is 0.697 bits per heavy atom. The summed E-state index contributed by atoms with van der Waals surface area (Å²) in [6.45, 7) is -0.287. The van der Waals surface area contributed by atoms with Crippen LogP contribution in [0.25, 0.3) is 126 Å². The van der Waals surface area contributed by atoms with E-state index in [9.17, 15) is 0 Å². The third kappa shape index (κ3) is 6.74. The summed E-state index contributed by atoms with van der Waals surface area (Å²) in [4.78, 5) is 2.70. The summed E-state index contributed by atoms with van der Waals surface area (Å²) in [6.07, 6.45) is 9.26. The zero-order valence-corrected chi connectivity index (χ0v) is 48.7. The smallest absolute Gasteiger partial charge is 0.252 e. The number of fused-ring (bicyclic) bond motifs is 22. The van der Waals surface area contributed by atoms with Crippen LogP contribution < -0.4 is 37.7 Å². The van der Waals surface area contributed by atoms with E-state index >= 15 is 0 Å². The second-order valence-corrected chi connectivity index (χ2v) is 24.7. The zero-order valence-electron chi connectivity index (χ0n) is 48.7. The van der Waals surface area contributed by atoms with E-state index in [2.05, 4.69) is 311 Å². The molecule has 0 radical (unpaired) electrons. The topological polar surface area (TPSA) is 13.1 Å². The van der Waals surface area contributed by atoms with E-state index in [-0.39, 0.29) is 13.4 Å². The van der Waals surface area contributed by atoms with Crippen LogP contribution >= 0.6 is 0 Å². The van der Waals surface area contributed by atoms with Gasteiger partial charge in [0.15, 0.2) is 0 Å². The largest absolute Gasteiger partial charge is 0.312 e. The van der Waals surface area contributed by atoms with Crippen molar-refractivity contribution in [1.82, 2.24) is 9.13 Å². The molecular weight excluding hydrogens is 1070 g/mol. The number of nitrogens with zero attached hydrogens (tertiary/aromatic N) is 3. The van der Waals surface area contributed by atoms with E-state index in [0.717, 1.165) is 18.4 Å². The molecule has 0 saturated carbocycles. The van der Waals surface area contributed by atoms with E-state index in [1.807, 2.05) is 0 Å². The van der Waals surface area contributed by atoms with Crippen molar-refractivity contribution in [3.8, 4) is 33.6 Å². The van der Waals surface area contributed by atoms with Crippen LogP contribution in [0.15, 0.2) is 297 Å². The van der Waals surface area contributed by atoms with Crippen molar-refractivity contribution < 1.29 is 0 Å². The molecule has 0 N–H and O–H groups in total. The minimum absolute atomic E-state index is 0.140. The SMILES string of the molecule is C1=CC(c2ccc3c4c2c2ccccc2c2ccccc2c2ccccc2n4-c2cccc4c2B3c2cc(-c3ccccc3)cc3c2N4c2cccc4c2B3c2ccc(-c3ccccc3)c3c5ccccc5c5ccccc5c5ccccc5n-4c23)=CCC1. The van der Waals surface area contributed by atoms with Gasteiger partial charge in [0.1, 0.15) is 0 Å². The van der Waals surface area contributed by atoms with Crippen LogP contribution in [-0.4, -0.2) is 22.6 Å². The third-order valence-electron chi connectivity index (χ3n) is 20.4. The van der Waals surface area contributed by atoms with E-state index in [0.29, 0.717) is 0 Å². The molecule has 0 saturated heterocycles. The van der Waals surface area contributed by atoms with Crippen LogP contribution in [-0.2, 0) is 0 Å². The Balaban J connectivity index is 1.00. The van der Waals surface area contributed by atoms with Gasteiger partial charge in [-0.05, 0) is 158 Å². The fraction of sp³-hybridized carbons (Fsp3) is 0.0238. The average Bonchev–Trinajstić information content (AvgIpc) is 1.32. The number of hydrogen-bond donors (Lipinski definition) is 0. The van der Waals surface area contributed by atoms with Crippen molar-refractivity contribution in [2.24, 2.45) is 0 Å². The van der Waals surface area contributed by atoms with Crippen molar-refractivity contribution >= 4 is 156 Å². The lowest BCUT2D eigenvalue weighted by Crippen LogP contribution is -2.67. The number of rotatable bonds is 3. The molecule has 3 nitrogen and oxygen atoms in total. The lowest BCUT2D eigenvalue weighted by molar-refractivity contribution is 1.04. The Bertz CT molecular complexity index is 5890. The first-order valence-corrected chi connectivity index (χ1v) is 31.5. The Morgan fingerprint density at radius 3 is 1.19 bits per heavy atom. The van der Waals surface area contributed by atoms with E-state index in [1.54, 1.807) is 0 Å². The first-order valence-electron chi connectivity index (χ1n) is 31.5. The molecule has 5 aliphatic rings. The summed E-state index contributed by atoms with van der Waals surface area (Å²) < 4.78 is 5.35. The molecule has 0 bridgehead atoms. The average molecular weight is 1130 g/mol. The fourth-order valence-electron chi connectivity index (χ4n) is 16.9. The molecule has 0 fully saturated rings. The number of para-hydroxylation sites is 2. The quantitative estimate of drug-likeness (QED) is 0.161. The van der Waals surface area contributed by atoms with Crippen molar-refractivity contribution in [3.05, 3.63) is 303 Å². The van der Waals surface area contributed by atoms with Gasteiger partial charge in [0.05, 0.1) is 11.0 Å². The van der Waals surface area contributed by atoms with Gasteiger partial charge in [0.25, 0.3) is 13.4 Å². The van der Waals surface area contributed by atoms with Crippen molar-refractivity contribution in [2.75, 3.05) is 4.90 Å². The second kappa shape index (κ2) is 18.7. The van der Waals surface area contributed by atoms with E-state index < -0.39 is 0 Å². The standard InChI is InChI=1S/C84H53B2N3/c1-4-24-52(25-5-1)55-50-70-82-71(51-55)86-69-49-47-57(54-28-8-3-9-29-54)79-67-39-17-15-35-63(67)59-31-11-13-33-61(59)65-37-19-21-41-73(65)88(84(69)79)75-43-23-45-77(81(75)86)89(82)76-44-22-42-74-80(76)85(70)68-48-46-56(53-26-6-2-7-27-53)78-66-38-16-14-34-62(66)58-30-10-12-32-60(58)64-36-18-20-40-72(64)87(74)83(68)78/h1-2,4-8,10-51H,3,9H2. The predicted molar refractivity (Wildman–Crippen MR) is 382 cm³/mol. The summed E-state index contributed by atoms with van der Waals surface area (Å²) in [5, 5.41) is 14.8. The molecule has 89 heavy (non-hydrogen) atoms. The highest BCUT2D eigenvalue weighted by molar-refractivity contribution is 7.04. The molecule has 20 rings (SSSR count). The molecule has 2 aromatic heterocycles. The van der Waals surface area contributed by atoms with Crippen LogP contribution in [0, 0.1) is 0 Å². The van der Waals surface area contributed by atoms with Gasteiger partial charge in [-0.2, -0.15) is 0 Å². The lowest BCUT2D eigenvalue weighted by Gasteiger charge is -2.47. The number of aromatic nitrogens is 2. The second-order valence-electron chi connectivity index (χ2n) is 24.7. The van der Waals surface area contributed by atoms with Gasteiger partial charge < -0.3 is 14.0 Å². The Kier molecular flexibility index (Phi) is 10.3. The molecular formula is C84H53B2N3. The zero-order chi connectivity index (χ0) is 58.0. The first kappa shape index (κ1) is 49.0. The maximum Gasteiger partial charge on any atom is 0.252 e. The minimum Gasteiger partial charge on any atom is -0.312 e. The molecule has 410 valence electrons. The highest BCUT2D eigenvalue weighted by Gasteiger charge is 2.49. The number of allylic oxidation sites excluding steroid dienone is 4. The molecule has 0 unspecified atom stereocenters.